The van der Waals surface area contributed by atoms with Crippen LogP contribution in [-0.4, -0.2) is 31.7 Å². The van der Waals surface area contributed by atoms with Crippen LogP contribution in [0.5, 0.6) is 0 Å². The molecule has 1 atom stereocenters. The maximum atomic E-state index is 13.4. The Hall–Kier alpha value is -1.17. The second-order valence-corrected chi connectivity index (χ2v) is 4.04. The highest BCUT2D eigenvalue weighted by molar-refractivity contribution is 5.94. The summed E-state index contributed by atoms with van der Waals surface area (Å²) in [5.74, 6) is -0.755. The normalized spacial score (nSPS) is 18.9. The topological polar surface area (TPSA) is 50.4 Å². The van der Waals surface area contributed by atoms with Crippen LogP contribution in [0.4, 0.5) is 10.1 Å². The molecule has 100 valence electrons. The van der Waals surface area contributed by atoms with Crippen molar-refractivity contribution in [1.29, 1.82) is 0 Å². The third kappa shape index (κ3) is 3.66. The van der Waals surface area contributed by atoms with Crippen molar-refractivity contribution >= 4 is 24.0 Å². The van der Waals surface area contributed by atoms with Crippen LogP contribution >= 0.6 is 12.4 Å². The minimum absolute atomic E-state index is 0. The number of carbonyl (C=O) groups is 1. The Morgan fingerprint density at radius 3 is 3.00 bits per heavy atom. The number of nitrogens with one attached hydrogen (secondary N) is 2. The van der Waals surface area contributed by atoms with Gasteiger partial charge in [0.05, 0.1) is 12.3 Å². The van der Waals surface area contributed by atoms with Crippen LogP contribution in [0.2, 0.25) is 0 Å². The van der Waals surface area contributed by atoms with E-state index < -0.39 is 11.9 Å². The summed E-state index contributed by atoms with van der Waals surface area (Å²) in [6.45, 7) is 3.53. The molecule has 0 aromatic heterocycles. The van der Waals surface area contributed by atoms with E-state index in [4.69, 9.17) is 4.74 Å². The fourth-order valence-corrected chi connectivity index (χ4v) is 1.68. The smallest absolute Gasteiger partial charge is 0.254 e. The molecule has 4 nitrogen and oxygen atoms in total. The molecule has 1 aliphatic rings. The van der Waals surface area contributed by atoms with Crippen LogP contribution in [-0.2, 0) is 9.53 Å². The number of anilines is 1. The van der Waals surface area contributed by atoms with E-state index in [-0.39, 0.29) is 24.0 Å². The molecule has 0 aliphatic carbocycles. The molecule has 0 saturated carbocycles. The fourth-order valence-electron chi connectivity index (χ4n) is 1.68. The van der Waals surface area contributed by atoms with Crippen LogP contribution in [0.15, 0.2) is 18.2 Å². The van der Waals surface area contributed by atoms with E-state index in [1.54, 1.807) is 12.1 Å². The Bertz CT molecular complexity index is 423. The number of halogens is 2. The van der Waals surface area contributed by atoms with E-state index in [1.807, 2.05) is 6.92 Å². The average molecular weight is 275 g/mol. The van der Waals surface area contributed by atoms with Crippen molar-refractivity contribution in [2.24, 2.45) is 0 Å². The molecule has 1 unspecified atom stereocenters. The van der Waals surface area contributed by atoms with Crippen LogP contribution < -0.4 is 10.6 Å². The van der Waals surface area contributed by atoms with Crippen LogP contribution in [0.3, 0.4) is 0 Å². The number of rotatable bonds is 2. The van der Waals surface area contributed by atoms with Crippen LogP contribution in [0.1, 0.15) is 5.56 Å². The first-order chi connectivity index (χ1) is 8.16. The predicted molar refractivity (Wildman–Crippen MR) is 69.6 cm³/mol. The molecule has 2 N–H and O–H groups in total. The summed E-state index contributed by atoms with van der Waals surface area (Å²) >= 11 is 0. The molecule has 1 amide bonds. The third-order valence-electron chi connectivity index (χ3n) is 2.60. The number of hydrogen-bond donors (Lipinski definition) is 2. The number of hydrogen-bond acceptors (Lipinski definition) is 3. The highest BCUT2D eigenvalue weighted by Crippen LogP contribution is 2.16. The number of ether oxygens (including phenoxy) is 1. The van der Waals surface area contributed by atoms with Gasteiger partial charge in [0.15, 0.2) is 0 Å². The molecule has 1 aliphatic heterocycles. The molecule has 0 bridgehead atoms. The molecule has 18 heavy (non-hydrogen) atoms. The lowest BCUT2D eigenvalue weighted by atomic mass is 10.2. The lowest BCUT2D eigenvalue weighted by Gasteiger charge is -2.22. The van der Waals surface area contributed by atoms with Crippen molar-refractivity contribution in [2.45, 2.75) is 13.0 Å². The van der Waals surface area contributed by atoms with Gasteiger partial charge in [-0.2, -0.15) is 0 Å². The Morgan fingerprint density at radius 1 is 1.56 bits per heavy atom. The molecule has 2 rings (SSSR count). The Labute approximate surface area is 111 Å². The third-order valence-corrected chi connectivity index (χ3v) is 2.60. The molecule has 6 heteroatoms. The average Bonchev–Trinajstić information content (AvgIpc) is 2.35. The number of carbonyl (C=O) groups excluding carboxylic acids is 1. The van der Waals surface area contributed by atoms with Gasteiger partial charge in [-0.1, -0.05) is 6.07 Å². The van der Waals surface area contributed by atoms with Crippen molar-refractivity contribution < 1.29 is 13.9 Å². The van der Waals surface area contributed by atoms with Gasteiger partial charge in [0.25, 0.3) is 5.91 Å². The molecule has 1 aromatic rings. The zero-order chi connectivity index (χ0) is 12.3. The minimum Gasteiger partial charge on any atom is -0.366 e. The van der Waals surface area contributed by atoms with Crippen LogP contribution in [0.25, 0.3) is 0 Å². The molecule has 1 heterocycles. The van der Waals surface area contributed by atoms with Gasteiger partial charge in [-0.15, -0.1) is 12.4 Å². The lowest BCUT2D eigenvalue weighted by Crippen LogP contribution is -2.45. The second-order valence-electron chi connectivity index (χ2n) is 4.04. The summed E-state index contributed by atoms with van der Waals surface area (Å²) in [4.78, 5) is 11.8. The zero-order valence-corrected chi connectivity index (χ0v) is 10.8. The highest BCUT2D eigenvalue weighted by atomic mass is 35.5. The summed E-state index contributed by atoms with van der Waals surface area (Å²) in [5, 5.41) is 5.59. The molecule has 0 radical (unpaired) electrons. The van der Waals surface area contributed by atoms with Gasteiger partial charge in [0.1, 0.15) is 11.9 Å². The van der Waals surface area contributed by atoms with Gasteiger partial charge in [-0.3, -0.25) is 4.79 Å². The van der Waals surface area contributed by atoms with E-state index in [0.29, 0.717) is 13.2 Å². The summed E-state index contributed by atoms with van der Waals surface area (Å²) in [6.07, 6.45) is -0.552. The van der Waals surface area contributed by atoms with Gasteiger partial charge in [0.2, 0.25) is 0 Å². The van der Waals surface area contributed by atoms with Crippen molar-refractivity contribution in [1.82, 2.24) is 5.32 Å². The quantitative estimate of drug-likeness (QED) is 0.859. The molecule has 0 spiro atoms. The fraction of sp³-hybridized carbons (Fsp3) is 0.417. The van der Waals surface area contributed by atoms with E-state index in [2.05, 4.69) is 10.6 Å². The standard InChI is InChI=1S/C12H15FN2O2.ClH/c1-8-2-3-9(13)10(6-8)15-12(16)11-7-14-4-5-17-11;/h2-3,6,11,14H,4-5,7H2,1H3,(H,15,16);1H. The maximum Gasteiger partial charge on any atom is 0.254 e. The molecular formula is C12H16ClFN2O2. The summed E-state index contributed by atoms with van der Waals surface area (Å²) in [5.41, 5.74) is 1.09. The van der Waals surface area contributed by atoms with Gasteiger partial charge in [0, 0.05) is 13.1 Å². The molecule has 1 aromatic carbocycles. The Kier molecular flexibility index (Phi) is 5.53. The summed E-state index contributed by atoms with van der Waals surface area (Å²) in [6, 6.07) is 4.60. The van der Waals surface area contributed by atoms with Crippen molar-refractivity contribution in [3.8, 4) is 0 Å². The minimum atomic E-state index is -0.552. The summed E-state index contributed by atoms with van der Waals surface area (Å²) < 4.78 is 18.7. The van der Waals surface area contributed by atoms with Crippen LogP contribution in [0, 0.1) is 12.7 Å². The van der Waals surface area contributed by atoms with Crippen molar-refractivity contribution in [2.75, 3.05) is 25.0 Å². The van der Waals surface area contributed by atoms with Crippen molar-refractivity contribution in [3.63, 3.8) is 0 Å². The Morgan fingerprint density at radius 2 is 2.33 bits per heavy atom. The number of aryl methyl sites for hydroxylation is 1. The molecule has 1 saturated heterocycles. The van der Waals surface area contributed by atoms with Crippen molar-refractivity contribution in [3.05, 3.63) is 29.6 Å². The number of amides is 1. The highest BCUT2D eigenvalue weighted by Gasteiger charge is 2.22. The zero-order valence-electron chi connectivity index (χ0n) is 10.0. The monoisotopic (exact) mass is 274 g/mol. The summed E-state index contributed by atoms with van der Waals surface area (Å²) in [7, 11) is 0. The van der Waals surface area contributed by atoms with Gasteiger partial charge < -0.3 is 15.4 Å². The number of benzene rings is 1. The first-order valence-electron chi connectivity index (χ1n) is 5.56. The lowest BCUT2D eigenvalue weighted by molar-refractivity contribution is -0.128. The van der Waals surface area contributed by atoms with E-state index >= 15 is 0 Å². The molecule has 1 fully saturated rings. The van der Waals surface area contributed by atoms with E-state index in [0.717, 1.165) is 12.1 Å². The number of morpholine rings is 1. The van der Waals surface area contributed by atoms with E-state index in [9.17, 15) is 9.18 Å². The first kappa shape index (κ1) is 14.9. The Balaban J connectivity index is 0.00000162. The SMILES string of the molecule is Cc1ccc(F)c(NC(=O)C2CNCCO2)c1.Cl. The van der Waals surface area contributed by atoms with Gasteiger partial charge in [-0.25, -0.2) is 4.39 Å². The first-order valence-corrected chi connectivity index (χ1v) is 5.56. The predicted octanol–water partition coefficient (Wildman–Crippen LogP) is 1.48. The van der Waals surface area contributed by atoms with E-state index in [1.165, 1.54) is 6.07 Å². The van der Waals surface area contributed by atoms with Gasteiger partial charge in [-0.05, 0) is 24.6 Å². The maximum absolute atomic E-state index is 13.4. The second kappa shape index (κ2) is 6.68. The molecular weight excluding hydrogens is 259 g/mol. The van der Waals surface area contributed by atoms with Gasteiger partial charge >= 0.3 is 0 Å². The largest absolute Gasteiger partial charge is 0.366 e.